The standard InChI is InChI=1S/C26H36N6O3.CH4/c1-18-15-30(16-19-9-13-35-14-10-19)11-12-31(18)25(34)32-17-21-22(26(32,2)3)28-29-23(21)27-24(33)20-7-5-4-6-8-20;/h4-8,18-19H,9-17H2,1-3H3,(H2,27,28,29,33);1H4/t18-;/m0./s1. The van der Waals surface area contributed by atoms with Gasteiger partial charge < -0.3 is 19.9 Å². The van der Waals surface area contributed by atoms with Crippen molar-refractivity contribution in [2.75, 3.05) is 44.7 Å². The fourth-order valence-electron chi connectivity index (χ4n) is 5.63. The average Bonchev–Trinajstić information content (AvgIpc) is 3.37. The van der Waals surface area contributed by atoms with Crippen LogP contribution < -0.4 is 5.32 Å². The van der Waals surface area contributed by atoms with Gasteiger partial charge in [-0.3, -0.25) is 14.8 Å². The van der Waals surface area contributed by atoms with Gasteiger partial charge in [-0.05, 0) is 51.7 Å². The van der Waals surface area contributed by atoms with E-state index in [9.17, 15) is 9.59 Å². The summed E-state index contributed by atoms with van der Waals surface area (Å²) in [4.78, 5) is 32.8. The number of H-pyrrole nitrogens is 1. The molecule has 5 rings (SSSR count). The SMILES string of the molecule is C.C[C@H]1CN(CC2CCOCC2)CCN1C(=O)N1Cc2c(NC(=O)c3ccccc3)n[nH]c2C1(C)C. The van der Waals surface area contributed by atoms with Gasteiger partial charge in [-0.25, -0.2) is 4.79 Å². The van der Waals surface area contributed by atoms with Crippen LogP contribution in [0, 0.1) is 5.92 Å². The Balaban J connectivity index is 0.00000304. The minimum absolute atomic E-state index is 0. The molecule has 0 radical (unpaired) electrons. The number of aromatic nitrogens is 2. The third-order valence-corrected chi connectivity index (χ3v) is 7.78. The molecule has 0 aliphatic carbocycles. The molecule has 196 valence electrons. The Morgan fingerprint density at radius 2 is 1.89 bits per heavy atom. The maximum atomic E-state index is 13.7. The number of anilines is 1. The highest BCUT2D eigenvalue weighted by molar-refractivity contribution is 6.04. The number of piperazine rings is 1. The van der Waals surface area contributed by atoms with Crippen LogP contribution in [0.4, 0.5) is 10.6 Å². The molecule has 3 aliphatic rings. The summed E-state index contributed by atoms with van der Waals surface area (Å²) in [6, 6.07) is 9.26. The molecule has 2 N–H and O–H groups in total. The van der Waals surface area contributed by atoms with E-state index in [1.165, 1.54) is 0 Å². The number of rotatable bonds is 4. The Morgan fingerprint density at radius 3 is 2.58 bits per heavy atom. The number of hydrogen-bond donors (Lipinski definition) is 2. The summed E-state index contributed by atoms with van der Waals surface area (Å²) in [5.41, 5.74) is 1.77. The summed E-state index contributed by atoms with van der Waals surface area (Å²) >= 11 is 0. The van der Waals surface area contributed by atoms with Gasteiger partial charge in [0.15, 0.2) is 5.82 Å². The van der Waals surface area contributed by atoms with Crippen LogP contribution >= 0.6 is 0 Å². The second-order valence-electron chi connectivity index (χ2n) is 10.5. The minimum Gasteiger partial charge on any atom is -0.381 e. The molecule has 9 heteroatoms. The summed E-state index contributed by atoms with van der Waals surface area (Å²) in [6.07, 6.45) is 2.26. The predicted octanol–water partition coefficient (Wildman–Crippen LogP) is 3.90. The van der Waals surface area contributed by atoms with E-state index in [1.807, 2.05) is 41.8 Å². The van der Waals surface area contributed by atoms with Crippen LogP contribution in [0.3, 0.4) is 0 Å². The van der Waals surface area contributed by atoms with Crippen LogP contribution in [-0.4, -0.2) is 82.3 Å². The molecule has 0 unspecified atom stereocenters. The first-order valence-electron chi connectivity index (χ1n) is 12.7. The monoisotopic (exact) mass is 496 g/mol. The maximum absolute atomic E-state index is 13.7. The van der Waals surface area contributed by atoms with Crippen LogP contribution in [0.15, 0.2) is 30.3 Å². The summed E-state index contributed by atoms with van der Waals surface area (Å²) in [7, 11) is 0. The van der Waals surface area contributed by atoms with Crippen molar-refractivity contribution < 1.29 is 14.3 Å². The second kappa shape index (κ2) is 10.6. The zero-order valence-electron chi connectivity index (χ0n) is 20.9. The highest BCUT2D eigenvalue weighted by Crippen LogP contribution is 2.41. The molecule has 2 saturated heterocycles. The zero-order chi connectivity index (χ0) is 24.6. The molecular weight excluding hydrogens is 456 g/mol. The molecule has 1 atom stereocenters. The van der Waals surface area contributed by atoms with E-state index >= 15 is 0 Å². The molecule has 3 aliphatic heterocycles. The molecule has 0 spiro atoms. The number of amides is 3. The summed E-state index contributed by atoms with van der Waals surface area (Å²) in [5, 5.41) is 10.4. The van der Waals surface area contributed by atoms with Crippen molar-refractivity contribution in [1.82, 2.24) is 24.9 Å². The normalized spacial score (nSPS) is 22.1. The van der Waals surface area contributed by atoms with Crippen LogP contribution in [-0.2, 0) is 16.8 Å². The number of fused-ring (bicyclic) bond motifs is 1. The number of carbonyl (C=O) groups is 2. The first-order valence-corrected chi connectivity index (χ1v) is 12.7. The van der Waals surface area contributed by atoms with Gasteiger partial charge in [0.05, 0.1) is 17.8 Å². The fourth-order valence-corrected chi connectivity index (χ4v) is 5.63. The third-order valence-electron chi connectivity index (χ3n) is 7.78. The van der Waals surface area contributed by atoms with Crippen molar-refractivity contribution in [3.8, 4) is 0 Å². The quantitative estimate of drug-likeness (QED) is 0.670. The van der Waals surface area contributed by atoms with E-state index in [0.717, 1.165) is 63.5 Å². The molecule has 9 nitrogen and oxygen atoms in total. The van der Waals surface area contributed by atoms with Crippen molar-refractivity contribution in [3.63, 3.8) is 0 Å². The molecule has 2 fully saturated rings. The van der Waals surface area contributed by atoms with E-state index in [-0.39, 0.29) is 25.4 Å². The third kappa shape index (κ3) is 4.99. The van der Waals surface area contributed by atoms with Gasteiger partial charge in [0, 0.05) is 56.6 Å². The van der Waals surface area contributed by atoms with E-state index in [4.69, 9.17) is 4.74 Å². The van der Waals surface area contributed by atoms with Gasteiger partial charge in [-0.15, -0.1) is 0 Å². The molecule has 4 heterocycles. The Kier molecular flexibility index (Phi) is 7.70. The molecule has 1 aromatic heterocycles. The molecule has 0 bridgehead atoms. The highest BCUT2D eigenvalue weighted by atomic mass is 16.5. The van der Waals surface area contributed by atoms with E-state index < -0.39 is 5.54 Å². The van der Waals surface area contributed by atoms with Gasteiger partial charge >= 0.3 is 6.03 Å². The van der Waals surface area contributed by atoms with Crippen molar-refractivity contribution in [2.24, 2.45) is 5.92 Å². The maximum Gasteiger partial charge on any atom is 0.321 e. The fraction of sp³-hybridized carbons (Fsp3) is 0.593. The molecular formula is C27H40N6O3. The number of nitrogens with one attached hydrogen (secondary N) is 2. The summed E-state index contributed by atoms with van der Waals surface area (Å²) in [5.74, 6) is 0.973. The Hall–Kier alpha value is -2.91. The van der Waals surface area contributed by atoms with Crippen molar-refractivity contribution >= 4 is 17.8 Å². The summed E-state index contributed by atoms with van der Waals surface area (Å²) < 4.78 is 5.50. The highest BCUT2D eigenvalue weighted by Gasteiger charge is 2.46. The second-order valence-corrected chi connectivity index (χ2v) is 10.5. The number of carbonyl (C=O) groups excluding carboxylic acids is 2. The molecule has 1 aromatic carbocycles. The number of urea groups is 1. The smallest absolute Gasteiger partial charge is 0.321 e. The zero-order valence-corrected chi connectivity index (χ0v) is 20.9. The van der Waals surface area contributed by atoms with Crippen LogP contribution in [0.25, 0.3) is 0 Å². The molecule has 0 saturated carbocycles. The minimum atomic E-state index is -0.548. The van der Waals surface area contributed by atoms with Crippen molar-refractivity contribution in [3.05, 3.63) is 47.2 Å². The number of aromatic amines is 1. The largest absolute Gasteiger partial charge is 0.381 e. The van der Waals surface area contributed by atoms with Crippen molar-refractivity contribution in [1.29, 1.82) is 0 Å². The topological polar surface area (TPSA) is 93.8 Å². The lowest BCUT2D eigenvalue weighted by molar-refractivity contribution is 0.0290. The number of benzene rings is 1. The van der Waals surface area contributed by atoms with Gasteiger partial charge in [-0.2, -0.15) is 5.10 Å². The lowest BCUT2D eigenvalue weighted by Crippen LogP contribution is -2.59. The van der Waals surface area contributed by atoms with E-state index in [2.05, 4.69) is 27.3 Å². The Labute approximate surface area is 214 Å². The number of ether oxygens (including phenoxy) is 1. The summed E-state index contributed by atoms with van der Waals surface area (Å²) in [6.45, 7) is 12.0. The predicted molar refractivity (Wildman–Crippen MR) is 140 cm³/mol. The lowest BCUT2D eigenvalue weighted by atomic mass is 9.99. The first-order chi connectivity index (χ1) is 16.8. The van der Waals surface area contributed by atoms with Crippen LogP contribution in [0.5, 0.6) is 0 Å². The van der Waals surface area contributed by atoms with Crippen LogP contribution in [0.1, 0.15) is 62.7 Å². The molecule has 36 heavy (non-hydrogen) atoms. The van der Waals surface area contributed by atoms with E-state index in [1.54, 1.807) is 12.1 Å². The lowest BCUT2D eigenvalue weighted by Gasteiger charge is -2.44. The van der Waals surface area contributed by atoms with E-state index in [0.29, 0.717) is 23.8 Å². The van der Waals surface area contributed by atoms with Gasteiger partial charge in [0.25, 0.3) is 5.91 Å². The molecule has 2 aromatic rings. The Bertz CT molecular complexity index is 1060. The first kappa shape index (κ1) is 26.2. The number of hydrogen-bond acceptors (Lipinski definition) is 5. The van der Waals surface area contributed by atoms with Gasteiger partial charge in [-0.1, -0.05) is 25.6 Å². The number of nitrogens with zero attached hydrogens (tertiary/aromatic N) is 4. The van der Waals surface area contributed by atoms with Gasteiger partial charge in [0.2, 0.25) is 0 Å². The van der Waals surface area contributed by atoms with Gasteiger partial charge in [0.1, 0.15) is 0 Å². The average molecular weight is 497 g/mol. The van der Waals surface area contributed by atoms with Crippen molar-refractivity contribution in [2.45, 2.75) is 59.2 Å². The van der Waals surface area contributed by atoms with Crippen LogP contribution in [0.2, 0.25) is 0 Å². The Morgan fingerprint density at radius 1 is 1.17 bits per heavy atom. The molecule has 3 amide bonds.